The number of carbonyl (C=O) groups is 1. The highest BCUT2D eigenvalue weighted by atomic mass is 79.9. The van der Waals surface area contributed by atoms with Crippen molar-refractivity contribution in [2.45, 2.75) is 31.3 Å². The average Bonchev–Trinajstić information content (AvgIpc) is 3.41. The first-order chi connectivity index (χ1) is 12.0. The van der Waals surface area contributed by atoms with Crippen LogP contribution in [0.3, 0.4) is 0 Å². The van der Waals surface area contributed by atoms with E-state index in [-0.39, 0.29) is 11.3 Å². The fraction of sp³-hybridized carbons (Fsp3) is 0.300. The minimum absolute atomic E-state index is 0.0492. The van der Waals surface area contributed by atoms with Gasteiger partial charge in [-0.05, 0) is 61.7 Å². The lowest BCUT2D eigenvalue weighted by atomic mass is 9.96. The highest BCUT2D eigenvalue weighted by Crippen LogP contribution is 2.48. The van der Waals surface area contributed by atoms with Crippen LogP contribution in [0.1, 0.15) is 30.9 Å². The SMILES string of the molecule is CC(Oc1ccc(C#N)cc1)C(=O)NCC1(c2cccc(Br)c2)CC1. The van der Waals surface area contributed by atoms with Crippen molar-refractivity contribution >= 4 is 21.8 Å². The lowest BCUT2D eigenvalue weighted by Crippen LogP contribution is -2.40. The van der Waals surface area contributed by atoms with Crippen molar-refractivity contribution in [3.8, 4) is 11.8 Å². The van der Waals surface area contributed by atoms with Gasteiger partial charge in [0.2, 0.25) is 0 Å². The molecule has 1 fully saturated rings. The van der Waals surface area contributed by atoms with Crippen LogP contribution >= 0.6 is 15.9 Å². The predicted octanol–water partition coefficient (Wildman–Crippen LogP) is 3.94. The van der Waals surface area contributed by atoms with E-state index in [4.69, 9.17) is 10.00 Å². The van der Waals surface area contributed by atoms with E-state index >= 15 is 0 Å². The molecule has 1 N–H and O–H groups in total. The van der Waals surface area contributed by atoms with E-state index in [0.29, 0.717) is 17.9 Å². The molecule has 1 aliphatic rings. The molecular formula is C20H19BrN2O2. The minimum Gasteiger partial charge on any atom is -0.481 e. The number of rotatable bonds is 6. The quantitative estimate of drug-likeness (QED) is 0.801. The largest absolute Gasteiger partial charge is 0.481 e. The maximum Gasteiger partial charge on any atom is 0.260 e. The van der Waals surface area contributed by atoms with E-state index < -0.39 is 6.10 Å². The Bertz CT molecular complexity index is 807. The van der Waals surface area contributed by atoms with Gasteiger partial charge in [0.25, 0.3) is 5.91 Å². The maximum absolute atomic E-state index is 12.3. The van der Waals surface area contributed by atoms with Gasteiger partial charge in [0, 0.05) is 16.4 Å². The van der Waals surface area contributed by atoms with E-state index in [1.807, 2.05) is 12.1 Å². The zero-order chi connectivity index (χ0) is 17.9. The molecule has 2 aromatic rings. The molecule has 25 heavy (non-hydrogen) atoms. The zero-order valence-electron chi connectivity index (χ0n) is 14.0. The van der Waals surface area contributed by atoms with Gasteiger partial charge >= 0.3 is 0 Å². The fourth-order valence-electron chi connectivity index (χ4n) is 2.80. The minimum atomic E-state index is -0.591. The first kappa shape index (κ1) is 17.5. The first-order valence-corrected chi connectivity index (χ1v) is 9.02. The van der Waals surface area contributed by atoms with Crippen LogP contribution in [0, 0.1) is 11.3 Å². The number of nitrogens with one attached hydrogen (secondary N) is 1. The van der Waals surface area contributed by atoms with Crippen molar-refractivity contribution in [1.29, 1.82) is 5.26 Å². The normalized spacial score (nSPS) is 15.7. The molecule has 1 amide bonds. The number of amides is 1. The fourth-order valence-corrected chi connectivity index (χ4v) is 3.20. The molecule has 1 saturated carbocycles. The molecule has 128 valence electrons. The standard InChI is InChI=1S/C20H19BrN2O2/c1-14(25-18-7-5-15(12-22)6-8-18)19(24)23-13-20(9-10-20)16-3-2-4-17(21)11-16/h2-8,11,14H,9-10,13H2,1H3,(H,23,24). The van der Waals surface area contributed by atoms with Gasteiger partial charge in [0.05, 0.1) is 11.6 Å². The lowest BCUT2D eigenvalue weighted by molar-refractivity contribution is -0.127. The summed E-state index contributed by atoms with van der Waals surface area (Å²) >= 11 is 3.51. The number of carbonyl (C=O) groups excluding carboxylic acids is 1. The Labute approximate surface area is 155 Å². The second-order valence-electron chi connectivity index (χ2n) is 6.40. The smallest absolute Gasteiger partial charge is 0.260 e. The van der Waals surface area contributed by atoms with Crippen LogP contribution in [-0.4, -0.2) is 18.6 Å². The van der Waals surface area contributed by atoms with E-state index in [2.05, 4.69) is 39.4 Å². The Morgan fingerprint density at radius 1 is 1.32 bits per heavy atom. The number of nitriles is 1. The van der Waals surface area contributed by atoms with Gasteiger partial charge < -0.3 is 10.1 Å². The number of benzene rings is 2. The molecule has 0 radical (unpaired) electrons. The summed E-state index contributed by atoms with van der Waals surface area (Å²) in [6, 6.07) is 17.1. The zero-order valence-corrected chi connectivity index (χ0v) is 15.5. The molecule has 3 rings (SSSR count). The Morgan fingerprint density at radius 3 is 2.64 bits per heavy atom. The van der Waals surface area contributed by atoms with Gasteiger partial charge in [0.15, 0.2) is 6.10 Å². The summed E-state index contributed by atoms with van der Waals surface area (Å²) < 4.78 is 6.71. The molecule has 2 aromatic carbocycles. The number of nitrogens with zero attached hydrogens (tertiary/aromatic N) is 1. The predicted molar refractivity (Wildman–Crippen MR) is 99.3 cm³/mol. The third kappa shape index (κ3) is 4.21. The molecule has 0 spiro atoms. The Morgan fingerprint density at radius 2 is 2.04 bits per heavy atom. The van der Waals surface area contributed by atoms with Crippen molar-refractivity contribution in [3.63, 3.8) is 0 Å². The summed E-state index contributed by atoms with van der Waals surface area (Å²) in [5, 5.41) is 11.8. The summed E-state index contributed by atoms with van der Waals surface area (Å²) in [6.45, 7) is 2.34. The van der Waals surface area contributed by atoms with E-state index in [0.717, 1.165) is 17.3 Å². The van der Waals surface area contributed by atoms with Crippen LogP contribution in [0.2, 0.25) is 0 Å². The van der Waals surface area contributed by atoms with Crippen LogP contribution < -0.4 is 10.1 Å². The van der Waals surface area contributed by atoms with Gasteiger partial charge in [-0.3, -0.25) is 4.79 Å². The number of hydrogen-bond acceptors (Lipinski definition) is 3. The van der Waals surface area contributed by atoms with E-state index in [9.17, 15) is 4.79 Å². The molecule has 5 heteroatoms. The van der Waals surface area contributed by atoms with Crippen LogP contribution in [0.5, 0.6) is 5.75 Å². The van der Waals surface area contributed by atoms with Gasteiger partial charge in [0.1, 0.15) is 5.75 Å². The number of ether oxygens (including phenoxy) is 1. The molecule has 4 nitrogen and oxygen atoms in total. The van der Waals surface area contributed by atoms with Crippen LogP contribution in [0.4, 0.5) is 0 Å². The lowest BCUT2D eigenvalue weighted by Gasteiger charge is -2.19. The third-order valence-electron chi connectivity index (χ3n) is 4.56. The molecule has 0 heterocycles. The first-order valence-electron chi connectivity index (χ1n) is 8.23. The summed E-state index contributed by atoms with van der Waals surface area (Å²) in [7, 11) is 0. The molecule has 1 atom stereocenters. The molecule has 0 saturated heterocycles. The van der Waals surface area contributed by atoms with Crippen molar-refractivity contribution in [1.82, 2.24) is 5.32 Å². The summed E-state index contributed by atoms with van der Waals surface area (Å²) in [5.41, 5.74) is 1.87. The summed E-state index contributed by atoms with van der Waals surface area (Å²) in [4.78, 5) is 12.3. The van der Waals surface area contributed by atoms with Gasteiger partial charge in [-0.2, -0.15) is 5.26 Å². The van der Waals surface area contributed by atoms with Crippen molar-refractivity contribution < 1.29 is 9.53 Å². The molecular weight excluding hydrogens is 380 g/mol. The van der Waals surface area contributed by atoms with Gasteiger partial charge in [-0.15, -0.1) is 0 Å². The molecule has 1 aliphatic carbocycles. The van der Waals surface area contributed by atoms with Crippen molar-refractivity contribution in [3.05, 3.63) is 64.1 Å². The monoisotopic (exact) mass is 398 g/mol. The molecule has 0 aliphatic heterocycles. The summed E-state index contributed by atoms with van der Waals surface area (Å²) in [6.07, 6.45) is 1.56. The highest BCUT2D eigenvalue weighted by Gasteiger charge is 2.44. The number of halogens is 1. The molecule has 0 aromatic heterocycles. The topological polar surface area (TPSA) is 62.1 Å². The second kappa shape index (κ2) is 7.28. The second-order valence-corrected chi connectivity index (χ2v) is 7.32. The Kier molecular flexibility index (Phi) is 5.10. The average molecular weight is 399 g/mol. The van der Waals surface area contributed by atoms with E-state index in [1.54, 1.807) is 31.2 Å². The van der Waals surface area contributed by atoms with Gasteiger partial charge in [-0.1, -0.05) is 28.1 Å². The molecule has 1 unspecified atom stereocenters. The Hall–Kier alpha value is -2.32. The number of hydrogen-bond donors (Lipinski definition) is 1. The Balaban J connectivity index is 1.56. The molecule has 0 bridgehead atoms. The van der Waals surface area contributed by atoms with Crippen molar-refractivity contribution in [2.24, 2.45) is 0 Å². The van der Waals surface area contributed by atoms with Crippen LogP contribution in [0.15, 0.2) is 53.0 Å². The highest BCUT2D eigenvalue weighted by molar-refractivity contribution is 9.10. The third-order valence-corrected chi connectivity index (χ3v) is 5.05. The van der Waals surface area contributed by atoms with E-state index in [1.165, 1.54) is 5.56 Å². The van der Waals surface area contributed by atoms with Crippen LogP contribution in [0.25, 0.3) is 0 Å². The van der Waals surface area contributed by atoms with Crippen molar-refractivity contribution in [2.75, 3.05) is 6.54 Å². The van der Waals surface area contributed by atoms with Gasteiger partial charge in [-0.25, -0.2) is 0 Å². The maximum atomic E-state index is 12.3. The van der Waals surface area contributed by atoms with Crippen LogP contribution in [-0.2, 0) is 10.2 Å². The summed E-state index contributed by atoms with van der Waals surface area (Å²) in [5.74, 6) is 0.445.